The Kier molecular flexibility index (Phi) is 2.40. The van der Waals surface area contributed by atoms with E-state index in [0.717, 1.165) is 6.42 Å². The third kappa shape index (κ3) is 2.11. The SMILES string of the molecule is CCC1(NS(=O)(=O)c2ccccc2)C=C1. The zero-order valence-corrected chi connectivity index (χ0v) is 9.29. The second-order valence-electron chi connectivity index (χ2n) is 3.65. The summed E-state index contributed by atoms with van der Waals surface area (Å²) in [4.78, 5) is 0.312. The summed E-state index contributed by atoms with van der Waals surface area (Å²) >= 11 is 0. The van der Waals surface area contributed by atoms with Crippen LogP contribution in [0.5, 0.6) is 0 Å². The van der Waals surface area contributed by atoms with Gasteiger partial charge in [0.05, 0.1) is 10.4 Å². The lowest BCUT2D eigenvalue weighted by molar-refractivity contribution is 0.552. The van der Waals surface area contributed by atoms with E-state index in [0.29, 0.717) is 4.90 Å². The van der Waals surface area contributed by atoms with E-state index in [1.54, 1.807) is 30.3 Å². The first-order valence-corrected chi connectivity index (χ1v) is 6.36. The number of benzene rings is 1. The molecule has 1 aromatic carbocycles. The number of hydrogen-bond donors (Lipinski definition) is 1. The maximum Gasteiger partial charge on any atom is 0.241 e. The molecule has 1 aliphatic rings. The zero-order valence-electron chi connectivity index (χ0n) is 8.47. The van der Waals surface area contributed by atoms with Crippen LogP contribution in [0.15, 0.2) is 47.4 Å². The first-order chi connectivity index (χ1) is 7.08. The highest BCUT2D eigenvalue weighted by Crippen LogP contribution is 2.29. The summed E-state index contributed by atoms with van der Waals surface area (Å²) in [6.07, 6.45) is 4.49. The summed E-state index contributed by atoms with van der Waals surface area (Å²) in [6, 6.07) is 8.41. The molecule has 2 rings (SSSR count). The monoisotopic (exact) mass is 223 g/mol. The van der Waals surface area contributed by atoms with Crippen molar-refractivity contribution in [1.82, 2.24) is 4.72 Å². The van der Waals surface area contributed by atoms with Gasteiger partial charge in [-0.25, -0.2) is 8.42 Å². The predicted octanol–water partition coefficient (Wildman–Crippen LogP) is 1.68. The average Bonchev–Trinajstić information content (AvgIpc) is 2.99. The van der Waals surface area contributed by atoms with Crippen LogP contribution in [0.4, 0.5) is 0 Å². The van der Waals surface area contributed by atoms with E-state index in [9.17, 15) is 8.42 Å². The topological polar surface area (TPSA) is 46.2 Å². The van der Waals surface area contributed by atoms with Gasteiger partial charge in [0.1, 0.15) is 0 Å². The van der Waals surface area contributed by atoms with Crippen molar-refractivity contribution in [2.75, 3.05) is 0 Å². The van der Waals surface area contributed by atoms with Crippen LogP contribution in [0.25, 0.3) is 0 Å². The largest absolute Gasteiger partial charge is 0.241 e. The molecule has 3 nitrogen and oxygen atoms in total. The number of rotatable bonds is 4. The molecule has 0 spiro atoms. The highest BCUT2D eigenvalue weighted by atomic mass is 32.2. The fourth-order valence-corrected chi connectivity index (χ4v) is 2.80. The van der Waals surface area contributed by atoms with E-state index in [1.165, 1.54) is 0 Å². The average molecular weight is 223 g/mol. The Bertz CT molecular complexity index is 471. The molecule has 0 fully saturated rings. The third-order valence-corrected chi connectivity index (χ3v) is 4.07. The molecule has 0 bridgehead atoms. The lowest BCUT2D eigenvalue weighted by Crippen LogP contribution is -2.37. The van der Waals surface area contributed by atoms with Crippen LogP contribution in [0.1, 0.15) is 13.3 Å². The fourth-order valence-electron chi connectivity index (χ4n) is 1.39. The van der Waals surface area contributed by atoms with E-state index in [2.05, 4.69) is 4.72 Å². The number of hydrogen-bond acceptors (Lipinski definition) is 2. The second-order valence-corrected chi connectivity index (χ2v) is 5.33. The molecule has 0 radical (unpaired) electrons. The third-order valence-electron chi connectivity index (χ3n) is 2.53. The molecule has 0 atom stereocenters. The molecule has 0 saturated carbocycles. The summed E-state index contributed by atoms with van der Waals surface area (Å²) in [6.45, 7) is 1.95. The van der Waals surface area contributed by atoms with Crippen molar-refractivity contribution >= 4 is 10.0 Å². The molecule has 0 aliphatic heterocycles. The zero-order chi connectivity index (χ0) is 10.9. The standard InChI is InChI=1S/C11H13NO2S/c1-2-11(8-9-11)12-15(13,14)10-6-4-3-5-7-10/h3-9,12H,2H2,1H3. The first kappa shape index (κ1) is 10.4. The van der Waals surface area contributed by atoms with Crippen molar-refractivity contribution in [2.24, 2.45) is 0 Å². The molecule has 4 heteroatoms. The van der Waals surface area contributed by atoms with Gasteiger partial charge in [-0.15, -0.1) is 0 Å². The van der Waals surface area contributed by atoms with Gasteiger partial charge < -0.3 is 0 Å². The van der Waals surface area contributed by atoms with E-state index >= 15 is 0 Å². The molecular weight excluding hydrogens is 210 g/mol. The first-order valence-electron chi connectivity index (χ1n) is 4.87. The Morgan fingerprint density at radius 3 is 2.27 bits per heavy atom. The van der Waals surface area contributed by atoms with Gasteiger partial charge in [-0.1, -0.05) is 37.3 Å². The second kappa shape index (κ2) is 3.47. The maximum atomic E-state index is 11.9. The Morgan fingerprint density at radius 1 is 1.20 bits per heavy atom. The van der Waals surface area contributed by atoms with Gasteiger partial charge in [0.25, 0.3) is 0 Å². The lowest BCUT2D eigenvalue weighted by Gasteiger charge is -2.15. The molecule has 0 saturated heterocycles. The number of sulfonamides is 1. The van der Waals surface area contributed by atoms with E-state index in [1.807, 2.05) is 19.1 Å². The van der Waals surface area contributed by atoms with Crippen LogP contribution in [0, 0.1) is 0 Å². The van der Waals surface area contributed by atoms with Crippen molar-refractivity contribution < 1.29 is 8.42 Å². The Hall–Kier alpha value is -1.13. The van der Waals surface area contributed by atoms with Crippen LogP contribution >= 0.6 is 0 Å². The molecule has 0 heterocycles. The van der Waals surface area contributed by atoms with Crippen LogP contribution < -0.4 is 4.72 Å². The van der Waals surface area contributed by atoms with Gasteiger partial charge >= 0.3 is 0 Å². The van der Waals surface area contributed by atoms with Gasteiger partial charge in [-0.2, -0.15) is 4.72 Å². The van der Waals surface area contributed by atoms with Crippen LogP contribution in [0.3, 0.4) is 0 Å². The summed E-state index contributed by atoms with van der Waals surface area (Å²) in [5, 5.41) is 0. The Morgan fingerprint density at radius 2 is 1.80 bits per heavy atom. The van der Waals surface area contributed by atoms with E-state index in [4.69, 9.17) is 0 Å². The van der Waals surface area contributed by atoms with Crippen LogP contribution in [0.2, 0.25) is 0 Å². The summed E-state index contributed by atoms with van der Waals surface area (Å²) < 4.78 is 26.5. The molecule has 15 heavy (non-hydrogen) atoms. The molecule has 0 aromatic heterocycles. The number of nitrogens with one attached hydrogen (secondary N) is 1. The minimum Gasteiger partial charge on any atom is -0.207 e. The molecule has 0 amide bonds. The van der Waals surface area contributed by atoms with Gasteiger partial charge in [0, 0.05) is 0 Å². The van der Waals surface area contributed by atoms with Gasteiger partial charge in [-0.3, -0.25) is 0 Å². The van der Waals surface area contributed by atoms with Gasteiger partial charge in [-0.05, 0) is 18.6 Å². The highest BCUT2D eigenvalue weighted by Gasteiger charge is 2.36. The summed E-state index contributed by atoms with van der Waals surface area (Å²) in [5.41, 5.74) is -0.408. The lowest BCUT2D eigenvalue weighted by atomic mass is 10.2. The van der Waals surface area contributed by atoms with Gasteiger partial charge in [0.2, 0.25) is 10.0 Å². The van der Waals surface area contributed by atoms with E-state index in [-0.39, 0.29) is 0 Å². The van der Waals surface area contributed by atoms with Crippen molar-refractivity contribution in [3.63, 3.8) is 0 Å². The summed E-state index contributed by atoms with van der Waals surface area (Å²) in [5.74, 6) is 0. The Balaban J connectivity index is 2.22. The van der Waals surface area contributed by atoms with Crippen molar-refractivity contribution in [3.05, 3.63) is 42.5 Å². The Labute approximate surface area is 89.9 Å². The van der Waals surface area contributed by atoms with E-state index < -0.39 is 15.6 Å². The fraction of sp³-hybridized carbons (Fsp3) is 0.273. The molecule has 1 N–H and O–H groups in total. The van der Waals surface area contributed by atoms with Crippen molar-refractivity contribution in [1.29, 1.82) is 0 Å². The minimum atomic E-state index is -3.38. The molecule has 1 aromatic rings. The van der Waals surface area contributed by atoms with Crippen LogP contribution in [-0.2, 0) is 10.0 Å². The highest BCUT2D eigenvalue weighted by molar-refractivity contribution is 7.89. The van der Waals surface area contributed by atoms with Crippen molar-refractivity contribution in [3.8, 4) is 0 Å². The molecule has 1 aliphatic carbocycles. The van der Waals surface area contributed by atoms with Crippen LogP contribution in [-0.4, -0.2) is 14.0 Å². The summed E-state index contributed by atoms with van der Waals surface area (Å²) in [7, 11) is -3.38. The smallest absolute Gasteiger partial charge is 0.207 e. The van der Waals surface area contributed by atoms with Gasteiger partial charge in [0.15, 0.2) is 0 Å². The quantitative estimate of drug-likeness (QED) is 0.789. The predicted molar refractivity (Wildman–Crippen MR) is 58.9 cm³/mol. The molecule has 80 valence electrons. The molecule has 0 unspecified atom stereocenters. The van der Waals surface area contributed by atoms with Crippen molar-refractivity contribution in [2.45, 2.75) is 23.8 Å². The maximum absolute atomic E-state index is 11.9. The normalized spacial score (nSPS) is 17.7. The minimum absolute atomic E-state index is 0.312. The molecular formula is C11H13NO2S.